The number of methoxy groups -OCH3 is 1. The predicted molar refractivity (Wildman–Crippen MR) is 91.8 cm³/mol. The van der Waals surface area contributed by atoms with E-state index in [1.807, 2.05) is 13.8 Å². The van der Waals surface area contributed by atoms with E-state index >= 15 is 0 Å². The van der Waals surface area contributed by atoms with Crippen molar-refractivity contribution in [2.24, 2.45) is 0 Å². The lowest BCUT2D eigenvalue weighted by molar-refractivity contribution is 0.0691. The Balaban J connectivity index is 2.07. The molecule has 0 aliphatic heterocycles. The fraction of sp³-hybridized carbons (Fsp3) is 0.312. The quantitative estimate of drug-likeness (QED) is 0.835. The molecule has 0 fully saturated rings. The van der Waals surface area contributed by atoms with Crippen LogP contribution in [0.3, 0.4) is 0 Å². The molecule has 0 aliphatic carbocycles. The molecule has 0 bridgehead atoms. The molecule has 0 saturated heterocycles. The lowest BCUT2D eigenvalue weighted by atomic mass is 10.3. The van der Waals surface area contributed by atoms with Crippen LogP contribution in [0, 0.1) is 0 Å². The van der Waals surface area contributed by atoms with Crippen molar-refractivity contribution in [2.45, 2.75) is 26.4 Å². The number of carboxylic acid groups (broad SMARTS) is 1. The summed E-state index contributed by atoms with van der Waals surface area (Å²) in [7, 11) is 1.58. The predicted octanol–water partition coefficient (Wildman–Crippen LogP) is 3.29. The third-order valence-corrected chi connectivity index (χ3v) is 4.14. The maximum atomic E-state index is 12.5. The summed E-state index contributed by atoms with van der Waals surface area (Å²) in [6, 6.07) is 6.68. The molecule has 7 nitrogen and oxygen atoms in total. The van der Waals surface area contributed by atoms with Crippen LogP contribution >= 0.6 is 11.3 Å². The molecule has 0 unspecified atom stereocenters. The van der Waals surface area contributed by atoms with Crippen LogP contribution in [0.5, 0.6) is 5.75 Å². The smallest absolute Gasteiger partial charge is 0.355 e. The molecule has 1 heterocycles. The van der Waals surface area contributed by atoms with Crippen LogP contribution in [0.1, 0.15) is 29.3 Å². The van der Waals surface area contributed by atoms with Crippen molar-refractivity contribution in [3.63, 3.8) is 0 Å². The normalized spacial score (nSPS) is 10.5. The van der Waals surface area contributed by atoms with Crippen molar-refractivity contribution in [1.29, 1.82) is 0 Å². The number of carboxylic acids is 1. The van der Waals surface area contributed by atoms with Crippen molar-refractivity contribution in [2.75, 3.05) is 12.4 Å². The molecule has 2 N–H and O–H groups in total. The van der Waals surface area contributed by atoms with Gasteiger partial charge >= 0.3 is 12.0 Å². The summed E-state index contributed by atoms with van der Waals surface area (Å²) in [6.07, 6.45) is 0. The van der Waals surface area contributed by atoms with Crippen LogP contribution in [0.2, 0.25) is 0 Å². The van der Waals surface area contributed by atoms with Crippen LogP contribution in [-0.2, 0) is 6.54 Å². The van der Waals surface area contributed by atoms with Gasteiger partial charge in [0.1, 0.15) is 10.8 Å². The first kappa shape index (κ1) is 17.7. The molecular formula is C16H19N3O4S. The Kier molecular flexibility index (Phi) is 5.75. The lowest BCUT2D eigenvalue weighted by Gasteiger charge is -2.26. The Hall–Kier alpha value is -2.61. The highest BCUT2D eigenvalue weighted by atomic mass is 32.1. The molecular weight excluding hydrogens is 330 g/mol. The van der Waals surface area contributed by atoms with Gasteiger partial charge in [0, 0.05) is 17.1 Å². The van der Waals surface area contributed by atoms with Gasteiger partial charge in [0.15, 0.2) is 5.69 Å². The second-order valence-corrected chi connectivity index (χ2v) is 6.25. The number of anilines is 1. The first-order valence-electron chi connectivity index (χ1n) is 7.30. The number of hydrogen-bond acceptors (Lipinski definition) is 5. The van der Waals surface area contributed by atoms with Gasteiger partial charge in [-0.25, -0.2) is 14.6 Å². The van der Waals surface area contributed by atoms with Crippen molar-refractivity contribution >= 4 is 29.0 Å². The van der Waals surface area contributed by atoms with Crippen molar-refractivity contribution < 1.29 is 19.4 Å². The maximum Gasteiger partial charge on any atom is 0.355 e. The highest BCUT2D eigenvalue weighted by Crippen LogP contribution is 2.18. The minimum atomic E-state index is -1.07. The van der Waals surface area contributed by atoms with Crippen molar-refractivity contribution in [3.8, 4) is 5.75 Å². The van der Waals surface area contributed by atoms with Crippen LogP contribution in [0.25, 0.3) is 0 Å². The Labute approximate surface area is 143 Å². The van der Waals surface area contributed by atoms with E-state index in [0.29, 0.717) is 16.4 Å². The molecule has 2 amide bonds. The van der Waals surface area contributed by atoms with Gasteiger partial charge in [0.05, 0.1) is 13.7 Å². The van der Waals surface area contributed by atoms with E-state index in [2.05, 4.69) is 10.3 Å². The minimum absolute atomic E-state index is 0.00531. The Morgan fingerprint density at radius 3 is 2.50 bits per heavy atom. The molecule has 2 rings (SSSR count). The summed E-state index contributed by atoms with van der Waals surface area (Å²) in [5.41, 5.74) is 0.645. The summed E-state index contributed by atoms with van der Waals surface area (Å²) in [5, 5.41) is 13.8. The van der Waals surface area contributed by atoms with Crippen LogP contribution in [-0.4, -0.2) is 40.1 Å². The van der Waals surface area contributed by atoms with Gasteiger partial charge in [0.2, 0.25) is 0 Å². The summed E-state index contributed by atoms with van der Waals surface area (Å²) in [6.45, 7) is 4.02. The third kappa shape index (κ3) is 4.45. The monoisotopic (exact) mass is 349 g/mol. The molecule has 0 spiro atoms. The molecule has 1 aromatic carbocycles. The third-order valence-electron chi connectivity index (χ3n) is 3.30. The number of urea groups is 1. The zero-order chi connectivity index (χ0) is 17.7. The van der Waals surface area contributed by atoms with Gasteiger partial charge in [0.25, 0.3) is 0 Å². The van der Waals surface area contributed by atoms with Gasteiger partial charge in [-0.3, -0.25) is 0 Å². The van der Waals surface area contributed by atoms with Crippen LogP contribution in [0.15, 0.2) is 29.6 Å². The zero-order valence-corrected chi connectivity index (χ0v) is 14.5. The number of aromatic carboxylic acids is 1. The minimum Gasteiger partial charge on any atom is -0.497 e. The first-order chi connectivity index (χ1) is 11.4. The van der Waals surface area contributed by atoms with E-state index in [1.165, 1.54) is 16.7 Å². The van der Waals surface area contributed by atoms with E-state index in [1.54, 1.807) is 36.3 Å². The lowest BCUT2D eigenvalue weighted by Crippen LogP contribution is -2.39. The molecule has 2 aromatic rings. The number of carbonyl (C=O) groups is 2. The summed E-state index contributed by atoms with van der Waals surface area (Å²) < 4.78 is 5.08. The molecule has 24 heavy (non-hydrogen) atoms. The van der Waals surface area contributed by atoms with Gasteiger partial charge < -0.3 is 20.1 Å². The Bertz CT molecular complexity index is 712. The molecule has 0 aliphatic rings. The number of aromatic nitrogens is 1. The number of benzene rings is 1. The van der Waals surface area contributed by atoms with E-state index in [-0.39, 0.29) is 24.3 Å². The van der Waals surface area contributed by atoms with Gasteiger partial charge in [-0.2, -0.15) is 0 Å². The second-order valence-electron chi connectivity index (χ2n) is 5.31. The molecule has 0 saturated carbocycles. The second kappa shape index (κ2) is 7.78. The number of amides is 2. The van der Waals surface area contributed by atoms with E-state index in [0.717, 1.165) is 0 Å². The summed E-state index contributed by atoms with van der Waals surface area (Å²) in [5.74, 6) is -0.367. The van der Waals surface area contributed by atoms with E-state index < -0.39 is 5.97 Å². The zero-order valence-electron chi connectivity index (χ0n) is 13.6. The highest BCUT2D eigenvalue weighted by Gasteiger charge is 2.20. The van der Waals surface area contributed by atoms with Gasteiger partial charge in [-0.1, -0.05) is 0 Å². The average Bonchev–Trinajstić information content (AvgIpc) is 3.02. The maximum absolute atomic E-state index is 12.5. The largest absolute Gasteiger partial charge is 0.497 e. The summed E-state index contributed by atoms with van der Waals surface area (Å²) in [4.78, 5) is 29.0. The molecule has 0 radical (unpaired) electrons. The summed E-state index contributed by atoms with van der Waals surface area (Å²) >= 11 is 1.22. The first-order valence-corrected chi connectivity index (χ1v) is 8.18. The standard InChI is InChI=1S/C16H19N3O4S/c1-10(2)19(8-14-18-13(9-24-14)15(20)21)16(22)17-11-4-6-12(23-3)7-5-11/h4-7,9-10H,8H2,1-3H3,(H,17,22)(H,20,21). The number of thiazole rings is 1. The Morgan fingerprint density at radius 2 is 2.00 bits per heavy atom. The molecule has 128 valence electrons. The van der Waals surface area contributed by atoms with Crippen molar-refractivity contribution in [1.82, 2.24) is 9.88 Å². The topological polar surface area (TPSA) is 91.8 Å². The number of carbonyl (C=O) groups excluding carboxylic acids is 1. The number of rotatable bonds is 6. The van der Waals surface area contributed by atoms with Gasteiger partial charge in [-0.15, -0.1) is 11.3 Å². The van der Waals surface area contributed by atoms with Crippen LogP contribution in [0.4, 0.5) is 10.5 Å². The molecule has 1 aromatic heterocycles. The number of ether oxygens (including phenoxy) is 1. The SMILES string of the molecule is COc1ccc(NC(=O)N(Cc2nc(C(=O)O)cs2)C(C)C)cc1. The van der Waals surface area contributed by atoms with E-state index in [4.69, 9.17) is 9.84 Å². The fourth-order valence-corrected chi connectivity index (χ4v) is 2.75. The van der Waals surface area contributed by atoms with Crippen LogP contribution < -0.4 is 10.1 Å². The highest BCUT2D eigenvalue weighted by molar-refractivity contribution is 7.09. The van der Waals surface area contributed by atoms with Crippen molar-refractivity contribution in [3.05, 3.63) is 40.3 Å². The van der Waals surface area contributed by atoms with Gasteiger partial charge in [-0.05, 0) is 38.1 Å². The Morgan fingerprint density at radius 1 is 1.33 bits per heavy atom. The number of hydrogen-bond donors (Lipinski definition) is 2. The fourth-order valence-electron chi connectivity index (χ4n) is 1.99. The van der Waals surface area contributed by atoms with E-state index in [9.17, 15) is 9.59 Å². The number of nitrogens with zero attached hydrogens (tertiary/aromatic N) is 2. The average molecular weight is 349 g/mol. The number of nitrogens with one attached hydrogen (secondary N) is 1. The molecule has 0 atom stereocenters. The molecule has 8 heteroatoms.